The summed E-state index contributed by atoms with van der Waals surface area (Å²) in [4.78, 5) is 24.5. The third-order valence-electron chi connectivity index (χ3n) is 5.55. The first kappa shape index (κ1) is 24.2. The lowest BCUT2D eigenvalue weighted by atomic mass is 9.99. The smallest absolute Gasteiger partial charge is 0.416 e. The summed E-state index contributed by atoms with van der Waals surface area (Å²) in [7, 11) is 0. The highest BCUT2D eigenvalue weighted by Gasteiger charge is 2.31. The van der Waals surface area contributed by atoms with Crippen molar-refractivity contribution < 1.29 is 33.0 Å². The number of aliphatic hydroxyl groups is 1. The monoisotopic (exact) mass is 429 g/mol. The quantitative estimate of drug-likeness (QED) is 0.483. The van der Waals surface area contributed by atoms with Crippen molar-refractivity contribution >= 4 is 11.9 Å². The van der Waals surface area contributed by atoms with E-state index >= 15 is 0 Å². The minimum Gasteiger partial charge on any atom is -0.481 e. The fraction of sp³-hybridized carbons (Fsp3) is 0.636. The predicted octanol–water partition coefficient (Wildman–Crippen LogP) is 4.42. The molecule has 2 rings (SSSR count). The predicted molar refractivity (Wildman–Crippen MR) is 106 cm³/mol. The van der Waals surface area contributed by atoms with Crippen LogP contribution in [0.1, 0.15) is 68.9 Å². The van der Waals surface area contributed by atoms with E-state index in [1.54, 1.807) is 6.07 Å². The van der Waals surface area contributed by atoms with E-state index in [2.05, 4.69) is 0 Å². The first-order chi connectivity index (χ1) is 14.2. The number of aliphatic hydroxyl groups excluding tert-OH is 1. The van der Waals surface area contributed by atoms with Gasteiger partial charge in [0.2, 0.25) is 5.91 Å². The zero-order valence-electron chi connectivity index (χ0n) is 17.0. The van der Waals surface area contributed by atoms with E-state index in [4.69, 9.17) is 5.11 Å². The van der Waals surface area contributed by atoms with Crippen molar-refractivity contribution in [3.8, 4) is 0 Å². The Morgan fingerprint density at radius 2 is 1.93 bits per heavy atom. The van der Waals surface area contributed by atoms with Gasteiger partial charge in [0.05, 0.1) is 11.7 Å². The number of alkyl halides is 3. The summed E-state index contributed by atoms with van der Waals surface area (Å²) < 4.78 is 38.5. The number of unbranched alkanes of at least 4 members (excludes halogenated alkanes) is 3. The fourth-order valence-electron chi connectivity index (χ4n) is 3.95. The van der Waals surface area contributed by atoms with Crippen LogP contribution in [-0.2, 0) is 22.2 Å². The SMILES string of the molecule is O=C(O)CCCCCCN1C(=O)CC[C@@H]1CCC(O)Cc1cccc(C(F)(F)F)c1. The zero-order valence-corrected chi connectivity index (χ0v) is 17.0. The van der Waals surface area contributed by atoms with Crippen LogP contribution in [0.5, 0.6) is 0 Å². The number of halogens is 3. The highest BCUT2D eigenvalue weighted by Crippen LogP contribution is 2.30. The van der Waals surface area contributed by atoms with Gasteiger partial charge in [0.15, 0.2) is 0 Å². The Labute approximate surface area is 174 Å². The number of carbonyl (C=O) groups is 2. The molecule has 1 aromatic carbocycles. The molecule has 2 atom stereocenters. The highest BCUT2D eigenvalue weighted by atomic mass is 19.4. The minimum absolute atomic E-state index is 0.0488. The lowest BCUT2D eigenvalue weighted by molar-refractivity contribution is -0.138. The largest absolute Gasteiger partial charge is 0.481 e. The van der Waals surface area contributed by atoms with Gasteiger partial charge in [-0.15, -0.1) is 0 Å². The Morgan fingerprint density at radius 1 is 1.20 bits per heavy atom. The summed E-state index contributed by atoms with van der Waals surface area (Å²) in [6.07, 6.45) is 0.514. The van der Waals surface area contributed by atoms with E-state index in [1.165, 1.54) is 6.07 Å². The topological polar surface area (TPSA) is 77.8 Å². The average molecular weight is 429 g/mol. The zero-order chi connectivity index (χ0) is 22.1. The number of benzene rings is 1. The maximum atomic E-state index is 12.8. The molecule has 1 amide bonds. The molecule has 0 radical (unpaired) electrons. The molecule has 2 N–H and O–H groups in total. The van der Waals surface area contributed by atoms with Gasteiger partial charge in [-0.3, -0.25) is 9.59 Å². The standard InChI is InChI=1S/C22H30F3NO4/c23-22(24,25)17-7-5-6-16(14-17)15-19(27)11-9-18-10-12-20(28)26(18)13-4-2-1-3-8-21(29)30/h5-7,14,18-19,27H,1-4,8-13,15H2,(H,29,30)/t18-,19?/m0/s1. The number of carboxylic acid groups (broad SMARTS) is 1. The van der Waals surface area contributed by atoms with E-state index < -0.39 is 23.8 Å². The second-order valence-electron chi connectivity index (χ2n) is 7.97. The van der Waals surface area contributed by atoms with Crippen molar-refractivity contribution in [2.45, 2.75) is 82.5 Å². The van der Waals surface area contributed by atoms with Crippen molar-refractivity contribution in [2.24, 2.45) is 0 Å². The van der Waals surface area contributed by atoms with Gasteiger partial charge in [0, 0.05) is 25.4 Å². The van der Waals surface area contributed by atoms with Crippen LogP contribution >= 0.6 is 0 Å². The van der Waals surface area contributed by atoms with Crippen LogP contribution in [0.3, 0.4) is 0 Å². The molecule has 1 saturated heterocycles. The number of rotatable bonds is 12. The van der Waals surface area contributed by atoms with E-state index in [9.17, 15) is 27.9 Å². The van der Waals surface area contributed by atoms with Gasteiger partial charge < -0.3 is 15.1 Å². The van der Waals surface area contributed by atoms with Gasteiger partial charge >= 0.3 is 12.1 Å². The second kappa shape index (κ2) is 11.3. The third kappa shape index (κ3) is 7.97. The third-order valence-corrected chi connectivity index (χ3v) is 5.55. The molecule has 0 saturated carbocycles. The molecule has 5 nitrogen and oxygen atoms in total. The van der Waals surface area contributed by atoms with Crippen LogP contribution < -0.4 is 0 Å². The summed E-state index contributed by atoms with van der Waals surface area (Å²) in [5.41, 5.74) is -0.277. The molecule has 8 heteroatoms. The fourth-order valence-corrected chi connectivity index (χ4v) is 3.95. The van der Waals surface area contributed by atoms with E-state index in [0.717, 1.165) is 37.8 Å². The van der Waals surface area contributed by atoms with Crippen LogP contribution in [-0.4, -0.2) is 45.7 Å². The Balaban J connectivity index is 1.75. The van der Waals surface area contributed by atoms with Crippen LogP contribution in [0.25, 0.3) is 0 Å². The summed E-state index contributed by atoms with van der Waals surface area (Å²) >= 11 is 0. The Hall–Kier alpha value is -2.09. The molecule has 168 valence electrons. The first-order valence-corrected chi connectivity index (χ1v) is 10.5. The number of amides is 1. The number of nitrogens with zero attached hydrogens (tertiary/aromatic N) is 1. The molecule has 0 aliphatic carbocycles. The number of carbonyl (C=O) groups excluding carboxylic acids is 1. The highest BCUT2D eigenvalue weighted by molar-refractivity contribution is 5.78. The van der Waals surface area contributed by atoms with E-state index in [1.807, 2.05) is 4.90 Å². The lowest BCUT2D eigenvalue weighted by Crippen LogP contribution is -2.34. The van der Waals surface area contributed by atoms with Gasteiger partial charge in [0.25, 0.3) is 0 Å². The van der Waals surface area contributed by atoms with E-state index in [0.29, 0.717) is 37.8 Å². The Bertz CT molecular complexity index is 708. The molecule has 1 unspecified atom stereocenters. The lowest BCUT2D eigenvalue weighted by Gasteiger charge is -2.26. The molecule has 30 heavy (non-hydrogen) atoms. The van der Waals surface area contributed by atoms with Gasteiger partial charge in [-0.1, -0.05) is 31.0 Å². The van der Waals surface area contributed by atoms with Crippen LogP contribution in [0.15, 0.2) is 24.3 Å². The summed E-state index contributed by atoms with van der Waals surface area (Å²) in [6.45, 7) is 0.625. The summed E-state index contributed by atoms with van der Waals surface area (Å²) in [5.74, 6) is -0.702. The molecule has 1 fully saturated rings. The molecule has 0 bridgehead atoms. The van der Waals surface area contributed by atoms with Crippen molar-refractivity contribution in [1.29, 1.82) is 0 Å². The van der Waals surface area contributed by atoms with Crippen molar-refractivity contribution in [1.82, 2.24) is 4.90 Å². The molecule has 1 heterocycles. The number of aliphatic carboxylic acids is 1. The number of carboxylic acids is 1. The normalized spacial score (nSPS) is 18.1. The van der Waals surface area contributed by atoms with Crippen LogP contribution in [0.4, 0.5) is 13.2 Å². The number of hydrogen-bond acceptors (Lipinski definition) is 3. The molecular formula is C22H30F3NO4. The molecular weight excluding hydrogens is 399 g/mol. The summed E-state index contributed by atoms with van der Waals surface area (Å²) in [5, 5.41) is 18.9. The van der Waals surface area contributed by atoms with Gasteiger partial charge in [-0.25, -0.2) is 0 Å². The maximum absolute atomic E-state index is 12.8. The second-order valence-corrected chi connectivity index (χ2v) is 7.97. The molecule has 1 aliphatic rings. The van der Waals surface area contributed by atoms with Gasteiger partial charge in [-0.05, 0) is 50.2 Å². The average Bonchev–Trinajstić information content (AvgIpc) is 3.02. The summed E-state index contributed by atoms with van der Waals surface area (Å²) in [6, 6.07) is 5.05. The van der Waals surface area contributed by atoms with Gasteiger partial charge in [0.1, 0.15) is 0 Å². The number of hydrogen-bond donors (Lipinski definition) is 2. The van der Waals surface area contributed by atoms with Crippen molar-refractivity contribution in [3.05, 3.63) is 35.4 Å². The Morgan fingerprint density at radius 3 is 2.63 bits per heavy atom. The molecule has 1 aliphatic heterocycles. The van der Waals surface area contributed by atoms with Crippen LogP contribution in [0.2, 0.25) is 0 Å². The molecule has 0 spiro atoms. The van der Waals surface area contributed by atoms with Crippen LogP contribution in [0, 0.1) is 0 Å². The van der Waals surface area contributed by atoms with Crippen molar-refractivity contribution in [2.75, 3.05) is 6.54 Å². The van der Waals surface area contributed by atoms with E-state index in [-0.39, 0.29) is 24.8 Å². The van der Waals surface area contributed by atoms with Crippen molar-refractivity contribution in [3.63, 3.8) is 0 Å². The maximum Gasteiger partial charge on any atom is 0.416 e. The minimum atomic E-state index is -4.40. The molecule has 1 aromatic rings. The first-order valence-electron chi connectivity index (χ1n) is 10.5. The van der Waals surface area contributed by atoms with Gasteiger partial charge in [-0.2, -0.15) is 13.2 Å². The number of likely N-dealkylation sites (tertiary alicyclic amines) is 1. The Kier molecular flexibility index (Phi) is 9.14. The molecule has 0 aromatic heterocycles.